The van der Waals surface area contributed by atoms with Gasteiger partial charge >= 0.3 is 12.1 Å². The van der Waals surface area contributed by atoms with E-state index < -0.39 is 18.1 Å². The number of carboxylic acids is 1. The Balaban J connectivity index is 2.02. The number of carboxylic acid groups (broad SMARTS) is 2. The van der Waals surface area contributed by atoms with Crippen molar-refractivity contribution in [1.82, 2.24) is 9.97 Å². The fraction of sp³-hybridized carbons (Fsp3) is 0.154. The summed E-state index contributed by atoms with van der Waals surface area (Å²) in [7, 11) is 0. The standard InChI is InChI=1S/C13H11N3O4/c17-12(18)8-6-14-11(15-8)10-5-7-3-1-2-4-9(7)16(10)13(19)20/h1-4,6,10H,5H2,(H,14,15)(H,17,18)(H,19,20). The van der Waals surface area contributed by atoms with Crippen LogP contribution in [-0.4, -0.2) is 32.2 Å². The summed E-state index contributed by atoms with van der Waals surface area (Å²) in [4.78, 5) is 30.2. The van der Waals surface area contributed by atoms with Crippen molar-refractivity contribution in [3.05, 3.63) is 47.5 Å². The minimum absolute atomic E-state index is 0.0544. The van der Waals surface area contributed by atoms with Crippen molar-refractivity contribution < 1.29 is 19.8 Å². The molecule has 102 valence electrons. The van der Waals surface area contributed by atoms with Gasteiger partial charge in [0.2, 0.25) is 0 Å². The first kappa shape index (κ1) is 12.2. The summed E-state index contributed by atoms with van der Waals surface area (Å²) in [6.45, 7) is 0. The normalized spacial score (nSPS) is 17.0. The lowest BCUT2D eigenvalue weighted by molar-refractivity contribution is 0.0691. The molecule has 0 aliphatic carbocycles. The highest BCUT2D eigenvalue weighted by atomic mass is 16.4. The SMILES string of the molecule is O=C(O)c1cnc(C2Cc3ccccc3N2C(=O)O)[nH]1. The maximum absolute atomic E-state index is 11.5. The second-order valence-corrected chi connectivity index (χ2v) is 4.49. The zero-order valence-corrected chi connectivity index (χ0v) is 10.3. The van der Waals surface area contributed by atoms with E-state index in [4.69, 9.17) is 5.11 Å². The van der Waals surface area contributed by atoms with E-state index in [1.165, 1.54) is 11.1 Å². The van der Waals surface area contributed by atoms with Crippen molar-refractivity contribution in [2.24, 2.45) is 0 Å². The van der Waals surface area contributed by atoms with Gasteiger partial charge in [0.15, 0.2) is 0 Å². The number of benzene rings is 1. The first-order valence-corrected chi connectivity index (χ1v) is 5.96. The van der Waals surface area contributed by atoms with Gasteiger partial charge in [-0.1, -0.05) is 18.2 Å². The molecule has 20 heavy (non-hydrogen) atoms. The quantitative estimate of drug-likeness (QED) is 0.774. The monoisotopic (exact) mass is 273 g/mol. The molecule has 2 aromatic rings. The average Bonchev–Trinajstić information content (AvgIpc) is 3.02. The van der Waals surface area contributed by atoms with Gasteiger partial charge in [0.05, 0.1) is 11.9 Å². The number of nitrogens with zero attached hydrogens (tertiary/aromatic N) is 2. The van der Waals surface area contributed by atoms with E-state index in [0.717, 1.165) is 5.56 Å². The number of hydrogen-bond acceptors (Lipinski definition) is 3. The number of hydrogen-bond donors (Lipinski definition) is 3. The maximum Gasteiger partial charge on any atom is 0.412 e. The number of aromatic nitrogens is 2. The molecule has 3 rings (SSSR count). The highest BCUT2D eigenvalue weighted by molar-refractivity contribution is 5.90. The van der Waals surface area contributed by atoms with Gasteiger partial charge in [-0.2, -0.15) is 0 Å². The van der Waals surface area contributed by atoms with Crippen molar-refractivity contribution >= 4 is 17.7 Å². The Kier molecular flexibility index (Phi) is 2.67. The number of amides is 1. The van der Waals surface area contributed by atoms with Crippen molar-refractivity contribution in [2.75, 3.05) is 4.90 Å². The summed E-state index contributed by atoms with van der Waals surface area (Å²) < 4.78 is 0. The number of rotatable bonds is 2. The smallest absolute Gasteiger partial charge is 0.412 e. The number of fused-ring (bicyclic) bond motifs is 1. The lowest BCUT2D eigenvalue weighted by Gasteiger charge is -2.20. The third-order valence-corrected chi connectivity index (χ3v) is 3.32. The van der Waals surface area contributed by atoms with Crippen LogP contribution in [0.2, 0.25) is 0 Å². The molecule has 3 N–H and O–H groups in total. The molecule has 1 amide bonds. The van der Waals surface area contributed by atoms with Gasteiger partial charge in [0.25, 0.3) is 0 Å². The molecule has 1 aliphatic heterocycles. The van der Waals surface area contributed by atoms with Crippen LogP contribution in [0.15, 0.2) is 30.5 Å². The minimum Gasteiger partial charge on any atom is -0.477 e. The van der Waals surface area contributed by atoms with Gasteiger partial charge in [0, 0.05) is 6.42 Å². The lowest BCUT2D eigenvalue weighted by Crippen LogP contribution is -2.31. The number of imidazole rings is 1. The van der Waals surface area contributed by atoms with Crippen molar-refractivity contribution in [3.63, 3.8) is 0 Å². The summed E-state index contributed by atoms with van der Waals surface area (Å²) in [6.07, 6.45) is 0.573. The van der Waals surface area contributed by atoms with Gasteiger partial charge in [-0.15, -0.1) is 0 Å². The predicted molar refractivity (Wildman–Crippen MR) is 68.9 cm³/mol. The Morgan fingerprint density at radius 1 is 1.30 bits per heavy atom. The lowest BCUT2D eigenvalue weighted by atomic mass is 10.1. The number of aromatic carboxylic acids is 1. The molecule has 2 heterocycles. The molecule has 0 bridgehead atoms. The molecule has 1 aromatic carbocycles. The third-order valence-electron chi connectivity index (χ3n) is 3.32. The molecule has 0 radical (unpaired) electrons. The molecule has 7 nitrogen and oxygen atoms in total. The van der Waals surface area contributed by atoms with Crippen LogP contribution in [0.5, 0.6) is 0 Å². The van der Waals surface area contributed by atoms with E-state index in [-0.39, 0.29) is 5.69 Å². The summed E-state index contributed by atoms with van der Waals surface area (Å²) in [5.74, 6) is -0.790. The summed E-state index contributed by atoms with van der Waals surface area (Å²) in [5, 5.41) is 18.3. The largest absolute Gasteiger partial charge is 0.477 e. The fourth-order valence-electron chi connectivity index (χ4n) is 2.46. The number of H-pyrrole nitrogens is 1. The fourth-order valence-corrected chi connectivity index (χ4v) is 2.46. The van der Waals surface area contributed by atoms with Crippen LogP contribution in [0, 0.1) is 0 Å². The highest BCUT2D eigenvalue weighted by Gasteiger charge is 2.36. The molecule has 0 fully saturated rings. The van der Waals surface area contributed by atoms with E-state index in [0.29, 0.717) is 17.9 Å². The van der Waals surface area contributed by atoms with Crippen LogP contribution >= 0.6 is 0 Å². The second kappa shape index (κ2) is 4.37. The Labute approximate surface area is 113 Å². The van der Waals surface area contributed by atoms with Gasteiger partial charge in [-0.3, -0.25) is 4.90 Å². The van der Waals surface area contributed by atoms with Gasteiger partial charge in [-0.05, 0) is 11.6 Å². The first-order chi connectivity index (χ1) is 9.58. The van der Waals surface area contributed by atoms with Crippen LogP contribution < -0.4 is 4.90 Å². The molecule has 1 aromatic heterocycles. The number of para-hydroxylation sites is 1. The van der Waals surface area contributed by atoms with Crippen LogP contribution in [0.4, 0.5) is 10.5 Å². The molecular formula is C13H11N3O4. The van der Waals surface area contributed by atoms with Gasteiger partial charge in [0.1, 0.15) is 17.6 Å². The van der Waals surface area contributed by atoms with E-state index in [1.54, 1.807) is 12.1 Å². The summed E-state index contributed by atoms with van der Waals surface area (Å²) >= 11 is 0. The van der Waals surface area contributed by atoms with Gasteiger partial charge < -0.3 is 15.2 Å². The van der Waals surface area contributed by atoms with Crippen molar-refractivity contribution in [1.29, 1.82) is 0 Å². The Morgan fingerprint density at radius 2 is 2.05 bits per heavy atom. The molecule has 0 saturated carbocycles. The van der Waals surface area contributed by atoms with Crippen molar-refractivity contribution in [3.8, 4) is 0 Å². The van der Waals surface area contributed by atoms with E-state index in [2.05, 4.69) is 9.97 Å². The molecule has 0 spiro atoms. The van der Waals surface area contributed by atoms with E-state index in [9.17, 15) is 14.7 Å². The topological polar surface area (TPSA) is 107 Å². The van der Waals surface area contributed by atoms with Gasteiger partial charge in [-0.25, -0.2) is 14.6 Å². The number of aromatic amines is 1. The molecule has 7 heteroatoms. The Bertz CT molecular complexity index is 694. The minimum atomic E-state index is -1.12. The first-order valence-electron chi connectivity index (χ1n) is 5.96. The number of anilines is 1. The van der Waals surface area contributed by atoms with Crippen LogP contribution in [0.25, 0.3) is 0 Å². The average molecular weight is 273 g/mol. The number of carbonyl (C=O) groups is 2. The van der Waals surface area contributed by atoms with E-state index in [1.807, 2.05) is 12.1 Å². The van der Waals surface area contributed by atoms with Crippen LogP contribution in [0.1, 0.15) is 27.9 Å². The van der Waals surface area contributed by atoms with Crippen molar-refractivity contribution in [2.45, 2.75) is 12.5 Å². The summed E-state index contributed by atoms with van der Waals surface area (Å²) in [6, 6.07) is 6.66. The van der Waals surface area contributed by atoms with Crippen LogP contribution in [0.3, 0.4) is 0 Å². The maximum atomic E-state index is 11.5. The molecule has 0 saturated heterocycles. The zero-order chi connectivity index (χ0) is 14.3. The van der Waals surface area contributed by atoms with Crippen LogP contribution in [-0.2, 0) is 6.42 Å². The summed E-state index contributed by atoms with van der Waals surface area (Å²) in [5.41, 5.74) is 1.45. The molecule has 1 atom stereocenters. The molecule has 1 unspecified atom stereocenters. The van der Waals surface area contributed by atoms with E-state index >= 15 is 0 Å². The molecule has 1 aliphatic rings. The Morgan fingerprint density at radius 3 is 2.70 bits per heavy atom. The Hall–Kier alpha value is -2.83. The number of nitrogens with one attached hydrogen (secondary N) is 1. The zero-order valence-electron chi connectivity index (χ0n) is 10.3. The molecular weight excluding hydrogens is 262 g/mol. The highest BCUT2D eigenvalue weighted by Crippen LogP contribution is 2.39. The second-order valence-electron chi connectivity index (χ2n) is 4.49. The predicted octanol–water partition coefficient (Wildman–Crippen LogP) is 1.89. The third kappa shape index (κ3) is 1.80.